The minimum absolute atomic E-state index is 0.194. The molecular formula is C23H26ClNO3S. The Morgan fingerprint density at radius 3 is 2.48 bits per heavy atom. The van der Waals surface area contributed by atoms with Gasteiger partial charge in [0.2, 0.25) is 0 Å². The third-order valence-corrected chi connectivity index (χ3v) is 4.89. The predicted molar refractivity (Wildman–Crippen MR) is 122 cm³/mol. The summed E-state index contributed by atoms with van der Waals surface area (Å²) < 4.78 is 13.0. The van der Waals surface area contributed by atoms with Gasteiger partial charge in [0, 0.05) is 29.6 Å². The average Bonchev–Trinajstić information content (AvgIpc) is 2.64. The summed E-state index contributed by atoms with van der Waals surface area (Å²) in [6.07, 6.45) is 2.02. The van der Waals surface area contributed by atoms with Gasteiger partial charge < -0.3 is 13.8 Å². The number of aryl methyl sites for hydroxylation is 1. The van der Waals surface area contributed by atoms with Gasteiger partial charge in [-0.05, 0) is 63.6 Å². The van der Waals surface area contributed by atoms with Gasteiger partial charge in [0.15, 0.2) is 6.61 Å². The van der Waals surface area contributed by atoms with Crippen LogP contribution in [0.15, 0.2) is 36.4 Å². The molecule has 0 radical (unpaired) electrons. The highest BCUT2D eigenvalue weighted by Crippen LogP contribution is 2.24. The molecule has 2 aromatic rings. The number of hydrogen-bond donors (Lipinski definition) is 0. The Bertz CT molecular complexity index is 941. The Morgan fingerprint density at radius 2 is 1.83 bits per heavy atom. The number of rotatable bonds is 5. The van der Waals surface area contributed by atoms with Crippen LogP contribution in [0.3, 0.4) is 0 Å². The van der Waals surface area contributed by atoms with E-state index in [0.29, 0.717) is 16.3 Å². The highest BCUT2D eigenvalue weighted by molar-refractivity contribution is 7.99. The molecule has 0 spiro atoms. The van der Waals surface area contributed by atoms with Crippen molar-refractivity contribution in [3.63, 3.8) is 0 Å². The summed E-state index contributed by atoms with van der Waals surface area (Å²) in [7, 11) is 2.01. The fourth-order valence-electron chi connectivity index (χ4n) is 2.41. The van der Waals surface area contributed by atoms with E-state index < -0.39 is 11.6 Å². The summed E-state index contributed by atoms with van der Waals surface area (Å²) in [6.45, 7) is 7.27. The molecule has 0 saturated carbocycles. The van der Waals surface area contributed by atoms with Crippen LogP contribution in [0.5, 0.6) is 5.75 Å². The number of anilines is 1. The van der Waals surface area contributed by atoms with E-state index in [4.69, 9.17) is 21.1 Å². The van der Waals surface area contributed by atoms with Crippen molar-refractivity contribution in [1.82, 2.24) is 0 Å². The topological polar surface area (TPSA) is 38.8 Å². The van der Waals surface area contributed by atoms with Crippen LogP contribution < -0.4 is 9.04 Å². The second-order valence-corrected chi connectivity index (χ2v) is 8.79. The highest BCUT2D eigenvalue weighted by atomic mass is 35.5. The van der Waals surface area contributed by atoms with E-state index in [-0.39, 0.29) is 6.61 Å². The first-order valence-corrected chi connectivity index (χ1v) is 10.7. The zero-order valence-corrected chi connectivity index (χ0v) is 19.2. The standard InChI is InChI=1S/C23H26ClNO3S/c1-16-7-11-20(25(5)29-6)14-17(16)8-9-18-13-19(24)10-12-21(18)27-15-22(26)28-23(2,3)4/h7,10-14H,15H2,1-6H3. The number of carbonyl (C=O) groups excluding carboxylic acids is 1. The Labute approximate surface area is 182 Å². The second kappa shape index (κ2) is 9.96. The van der Waals surface area contributed by atoms with Gasteiger partial charge in [-0.15, -0.1) is 0 Å². The van der Waals surface area contributed by atoms with Gasteiger partial charge in [-0.25, -0.2) is 4.79 Å². The van der Waals surface area contributed by atoms with Crippen LogP contribution in [-0.2, 0) is 9.53 Å². The molecule has 0 aliphatic rings. The first-order chi connectivity index (χ1) is 13.6. The molecular weight excluding hydrogens is 406 g/mol. The number of hydrogen-bond acceptors (Lipinski definition) is 5. The Kier molecular flexibility index (Phi) is 7.89. The van der Waals surface area contributed by atoms with Crippen molar-refractivity contribution >= 4 is 35.2 Å². The third kappa shape index (κ3) is 7.23. The molecule has 0 bridgehead atoms. The number of ether oxygens (including phenoxy) is 2. The number of esters is 1. The maximum Gasteiger partial charge on any atom is 0.344 e. The van der Waals surface area contributed by atoms with Gasteiger partial charge in [-0.2, -0.15) is 0 Å². The third-order valence-electron chi connectivity index (χ3n) is 3.90. The summed E-state index contributed by atoms with van der Waals surface area (Å²) in [4.78, 5) is 11.9. The molecule has 0 N–H and O–H groups in total. The lowest BCUT2D eigenvalue weighted by Gasteiger charge is -2.19. The molecule has 4 nitrogen and oxygen atoms in total. The highest BCUT2D eigenvalue weighted by Gasteiger charge is 2.17. The first-order valence-electron chi connectivity index (χ1n) is 9.14. The molecule has 2 rings (SSSR count). The van der Waals surface area contributed by atoms with E-state index in [9.17, 15) is 4.79 Å². The maximum atomic E-state index is 11.9. The fraction of sp³-hybridized carbons (Fsp3) is 0.348. The molecule has 0 heterocycles. The first kappa shape index (κ1) is 23.0. The molecule has 2 aromatic carbocycles. The van der Waals surface area contributed by atoms with E-state index in [2.05, 4.69) is 22.2 Å². The lowest BCUT2D eigenvalue weighted by atomic mass is 10.1. The summed E-state index contributed by atoms with van der Waals surface area (Å²) in [5, 5.41) is 0.548. The largest absolute Gasteiger partial charge is 0.481 e. The SMILES string of the molecule is CSN(C)c1ccc(C)c(C#Cc2cc(Cl)ccc2OCC(=O)OC(C)(C)C)c1. The quantitative estimate of drug-likeness (QED) is 0.356. The van der Waals surface area contributed by atoms with Crippen molar-refractivity contribution in [2.45, 2.75) is 33.3 Å². The van der Waals surface area contributed by atoms with Crippen LogP contribution >= 0.6 is 23.5 Å². The molecule has 0 aliphatic carbocycles. The van der Waals surface area contributed by atoms with Crippen molar-refractivity contribution in [3.8, 4) is 17.6 Å². The number of carbonyl (C=O) groups is 1. The summed E-state index contributed by atoms with van der Waals surface area (Å²) >= 11 is 7.77. The van der Waals surface area contributed by atoms with E-state index in [1.54, 1.807) is 30.1 Å². The fourth-order valence-corrected chi connectivity index (χ4v) is 2.91. The molecule has 154 valence electrons. The maximum absolute atomic E-state index is 11.9. The van der Waals surface area contributed by atoms with Gasteiger partial charge in [0.25, 0.3) is 0 Å². The van der Waals surface area contributed by atoms with Crippen LogP contribution in [0.4, 0.5) is 5.69 Å². The molecule has 6 heteroatoms. The van der Waals surface area contributed by atoms with Gasteiger partial charge >= 0.3 is 5.97 Å². The smallest absolute Gasteiger partial charge is 0.344 e. The van der Waals surface area contributed by atoms with E-state index in [1.165, 1.54) is 0 Å². The Morgan fingerprint density at radius 1 is 1.14 bits per heavy atom. The second-order valence-electron chi connectivity index (χ2n) is 7.44. The normalized spacial score (nSPS) is 10.7. The van der Waals surface area contributed by atoms with Crippen LogP contribution in [-0.4, -0.2) is 31.5 Å². The Balaban J connectivity index is 2.26. The van der Waals surface area contributed by atoms with Gasteiger partial charge in [0.05, 0.1) is 5.56 Å². The summed E-state index contributed by atoms with van der Waals surface area (Å²) in [5.41, 5.74) is 3.12. The molecule has 0 saturated heterocycles. The van der Waals surface area contributed by atoms with Crippen molar-refractivity contribution < 1.29 is 14.3 Å². The van der Waals surface area contributed by atoms with Crippen LogP contribution in [0.1, 0.15) is 37.5 Å². The van der Waals surface area contributed by atoms with Crippen LogP contribution in [0.2, 0.25) is 5.02 Å². The van der Waals surface area contributed by atoms with Crippen LogP contribution in [0, 0.1) is 18.8 Å². The zero-order valence-electron chi connectivity index (χ0n) is 17.6. The number of nitrogens with zero attached hydrogens (tertiary/aromatic N) is 1. The van der Waals surface area contributed by atoms with Crippen molar-refractivity contribution in [3.05, 3.63) is 58.1 Å². The van der Waals surface area contributed by atoms with E-state index >= 15 is 0 Å². The summed E-state index contributed by atoms with van der Waals surface area (Å²) in [5.74, 6) is 6.39. The van der Waals surface area contributed by atoms with E-state index in [0.717, 1.165) is 16.8 Å². The molecule has 0 atom stereocenters. The molecule has 0 aliphatic heterocycles. The minimum Gasteiger partial charge on any atom is -0.481 e. The number of halogens is 1. The van der Waals surface area contributed by atoms with Crippen molar-refractivity contribution in [1.29, 1.82) is 0 Å². The van der Waals surface area contributed by atoms with Crippen molar-refractivity contribution in [2.75, 3.05) is 24.2 Å². The molecule has 0 unspecified atom stereocenters. The molecule has 0 amide bonds. The van der Waals surface area contributed by atoms with Crippen molar-refractivity contribution in [2.24, 2.45) is 0 Å². The molecule has 0 aromatic heterocycles. The van der Waals surface area contributed by atoms with Gasteiger partial charge in [-0.1, -0.05) is 41.5 Å². The lowest BCUT2D eigenvalue weighted by molar-refractivity contribution is -0.157. The Hall–Kier alpha value is -2.29. The van der Waals surface area contributed by atoms with Gasteiger partial charge in [0.1, 0.15) is 11.4 Å². The minimum atomic E-state index is -0.560. The van der Waals surface area contributed by atoms with Gasteiger partial charge in [-0.3, -0.25) is 0 Å². The monoisotopic (exact) mass is 431 g/mol. The van der Waals surface area contributed by atoms with E-state index in [1.807, 2.05) is 53.1 Å². The number of benzene rings is 2. The predicted octanol–water partition coefficient (Wildman–Crippen LogP) is 5.48. The zero-order chi connectivity index (χ0) is 21.6. The molecule has 29 heavy (non-hydrogen) atoms. The summed E-state index contributed by atoms with van der Waals surface area (Å²) in [6, 6.07) is 11.3. The average molecular weight is 432 g/mol. The van der Waals surface area contributed by atoms with Crippen LogP contribution in [0.25, 0.3) is 0 Å². The lowest BCUT2D eigenvalue weighted by Crippen LogP contribution is -2.27. The molecule has 0 fully saturated rings.